The van der Waals surface area contributed by atoms with Crippen molar-refractivity contribution in [2.24, 2.45) is 0 Å². The molecule has 25 heavy (non-hydrogen) atoms. The lowest BCUT2D eigenvalue weighted by atomic mass is 10.1. The Morgan fingerprint density at radius 3 is 2.64 bits per heavy atom. The molecule has 2 aromatic rings. The first-order valence-corrected chi connectivity index (χ1v) is 8.69. The second kappa shape index (κ2) is 7.84. The van der Waals surface area contributed by atoms with Crippen LogP contribution in [0.4, 0.5) is 0 Å². The minimum atomic E-state index is -0.0484. The summed E-state index contributed by atoms with van der Waals surface area (Å²) in [4.78, 5) is 14.6. The molecule has 1 atom stereocenters. The van der Waals surface area contributed by atoms with Crippen LogP contribution in [0.1, 0.15) is 29.0 Å². The second-order valence-electron chi connectivity index (χ2n) is 6.50. The van der Waals surface area contributed by atoms with Gasteiger partial charge in [0.15, 0.2) is 0 Å². The fraction of sp³-hybridized carbons (Fsp3) is 0.556. The normalized spacial score (nSPS) is 16.8. The predicted molar refractivity (Wildman–Crippen MR) is 93.3 cm³/mol. The summed E-state index contributed by atoms with van der Waals surface area (Å²) in [6.45, 7) is 9.62. The molecule has 1 N–H and O–H groups in total. The zero-order valence-electron chi connectivity index (χ0n) is 15.1. The maximum absolute atomic E-state index is 12.4. The van der Waals surface area contributed by atoms with E-state index in [1.165, 1.54) is 0 Å². The number of hydrogen-bond acceptors (Lipinski definition) is 5. The summed E-state index contributed by atoms with van der Waals surface area (Å²) >= 11 is 0. The molecular weight excluding hydrogens is 320 g/mol. The number of carbonyl (C=O) groups is 1. The van der Waals surface area contributed by atoms with Crippen LogP contribution in [0.5, 0.6) is 0 Å². The van der Waals surface area contributed by atoms with Gasteiger partial charge in [0.05, 0.1) is 24.9 Å². The Kier molecular flexibility index (Phi) is 5.55. The van der Waals surface area contributed by atoms with Crippen molar-refractivity contribution in [3.8, 4) is 0 Å². The molecule has 3 heterocycles. The van der Waals surface area contributed by atoms with E-state index in [4.69, 9.17) is 9.15 Å². The monoisotopic (exact) mass is 346 g/mol. The molecule has 1 amide bonds. The van der Waals surface area contributed by atoms with Crippen LogP contribution in [0, 0.1) is 20.8 Å². The number of amides is 1. The lowest BCUT2D eigenvalue weighted by Crippen LogP contribution is -2.44. The maximum atomic E-state index is 12.4. The van der Waals surface area contributed by atoms with Gasteiger partial charge in [-0.2, -0.15) is 5.10 Å². The van der Waals surface area contributed by atoms with Gasteiger partial charge in [0, 0.05) is 25.3 Å². The van der Waals surface area contributed by atoms with E-state index in [9.17, 15) is 4.79 Å². The number of nitrogens with zero attached hydrogens (tertiary/aromatic N) is 3. The Morgan fingerprint density at radius 2 is 2.04 bits per heavy atom. The van der Waals surface area contributed by atoms with Crippen molar-refractivity contribution in [3.05, 3.63) is 41.1 Å². The molecule has 0 spiro atoms. The van der Waals surface area contributed by atoms with E-state index in [2.05, 4.69) is 15.3 Å². The molecule has 1 aliphatic rings. The van der Waals surface area contributed by atoms with E-state index in [1.807, 2.05) is 39.0 Å². The van der Waals surface area contributed by atoms with Gasteiger partial charge in [0.25, 0.3) is 0 Å². The van der Waals surface area contributed by atoms with Crippen LogP contribution in [0.15, 0.2) is 22.6 Å². The molecule has 0 saturated carbocycles. The van der Waals surface area contributed by atoms with E-state index in [0.717, 1.165) is 36.0 Å². The average molecular weight is 346 g/mol. The molecule has 0 aromatic carbocycles. The van der Waals surface area contributed by atoms with Gasteiger partial charge in [-0.3, -0.25) is 14.4 Å². The van der Waals surface area contributed by atoms with Crippen molar-refractivity contribution in [3.63, 3.8) is 0 Å². The van der Waals surface area contributed by atoms with Crippen molar-refractivity contribution in [1.29, 1.82) is 0 Å². The average Bonchev–Trinajstić information content (AvgIpc) is 3.14. The van der Waals surface area contributed by atoms with Crippen LogP contribution < -0.4 is 5.32 Å². The van der Waals surface area contributed by atoms with Gasteiger partial charge in [-0.25, -0.2) is 0 Å². The molecule has 0 aliphatic carbocycles. The number of hydrogen-bond donors (Lipinski definition) is 1. The summed E-state index contributed by atoms with van der Waals surface area (Å²) < 4.78 is 13.0. The standard InChI is InChI=1S/C18H26N4O3/c1-13-10-14(2)22(20-13)12-18(23)19-11-16(17-5-4-15(3)25-17)21-6-8-24-9-7-21/h4-5,10,16H,6-9,11-12H2,1-3H3,(H,19,23). The molecule has 0 radical (unpaired) electrons. The molecule has 3 rings (SSSR count). The van der Waals surface area contributed by atoms with Crippen LogP contribution in [0.2, 0.25) is 0 Å². The highest BCUT2D eigenvalue weighted by atomic mass is 16.5. The third-order valence-electron chi connectivity index (χ3n) is 4.47. The molecule has 136 valence electrons. The van der Waals surface area contributed by atoms with E-state index >= 15 is 0 Å². The Bertz CT molecular complexity index is 716. The number of rotatable bonds is 6. The van der Waals surface area contributed by atoms with Crippen LogP contribution in [0.3, 0.4) is 0 Å². The summed E-state index contributed by atoms with van der Waals surface area (Å²) in [6.07, 6.45) is 0. The molecule has 7 nitrogen and oxygen atoms in total. The van der Waals surface area contributed by atoms with Gasteiger partial charge in [-0.05, 0) is 39.0 Å². The molecule has 0 bridgehead atoms. The van der Waals surface area contributed by atoms with E-state index in [0.29, 0.717) is 19.8 Å². The third-order valence-corrected chi connectivity index (χ3v) is 4.47. The van der Waals surface area contributed by atoms with Crippen LogP contribution >= 0.6 is 0 Å². The molecule has 7 heteroatoms. The number of furan rings is 1. The second-order valence-corrected chi connectivity index (χ2v) is 6.50. The van der Waals surface area contributed by atoms with Crippen molar-refractivity contribution < 1.29 is 13.9 Å². The summed E-state index contributed by atoms with van der Waals surface area (Å²) in [7, 11) is 0. The molecule has 2 aromatic heterocycles. The van der Waals surface area contributed by atoms with Gasteiger partial charge in [0.1, 0.15) is 18.1 Å². The molecule has 1 fully saturated rings. The van der Waals surface area contributed by atoms with Gasteiger partial charge in [-0.1, -0.05) is 0 Å². The SMILES string of the molecule is Cc1cc(C)n(CC(=O)NCC(c2ccc(C)o2)N2CCOCC2)n1. The Labute approximate surface area is 147 Å². The zero-order chi connectivity index (χ0) is 17.8. The lowest BCUT2D eigenvalue weighted by molar-refractivity contribution is -0.122. The van der Waals surface area contributed by atoms with E-state index in [1.54, 1.807) is 4.68 Å². The largest absolute Gasteiger partial charge is 0.465 e. The molecule has 1 saturated heterocycles. The first-order chi connectivity index (χ1) is 12.0. The smallest absolute Gasteiger partial charge is 0.241 e. The number of carbonyl (C=O) groups excluding carboxylic acids is 1. The van der Waals surface area contributed by atoms with Crippen molar-refractivity contribution in [1.82, 2.24) is 20.0 Å². The van der Waals surface area contributed by atoms with Crippen LogP contribution in [-0.4, -0.2) is 53.4 Å². The fourth-order valence-corrected chi connectivity index (χ4v) is 3.17. The minimum Gasteiger partial charge on any atom is -0.465 e. The summed E-state index contributed by atoms with van der Waals surface area (Å²) in [5, 5.41) is 7.37. The summed E-state index contributed by atoms with van der Waals surface area (Å²) in [5.74, 6) is 1.71. The first kappa shape index (κ1) is 17.7. The number of morpholine rings is 1. The van der Waals surface area contributed by atoms with E-state index in [-0.39, 0.29) is 18.5 Å². The predicted octanol–water partition coefficient (Wildman–Crippen LogP) is 1.59. The number of ether oxygens (including phenoxy) is 1. The Morgan fingerprint density at radius 1 is 1.28 bits per heavy atom. The van der Waals surface area contributed by atoms with E-state index < -0.39 is 0 Å². The summed E-state index contributed by atoms with van der Waals surface area (Å²) in [5.41, 5.74) is 1.90. The highest BCUT2D eigenvalue weighted by Crippen LogP contribution is 2.23. The fourth-order valence-electron chi connectivity index (χ4n) is 3.17. The maximum Gasteiger partial charge on any atom is 0.241 e. The highest BCUT2D eigenvalue weighted by Gasteiger charge is 2.25. The Balaban J connectivity index is 1.63. The van der Waals surface area contributed by atoms with Crippen molar-refractivity contribution >= 4 is 5.91 Å². The van der Waals surface area contributed by atoms with Crippen LogP contribution in [0.25, 0.3) is 0 Å². The third kappa shape index (κ3) is 4.49. The van der Waals surface area contributed by atoms with Gasteiger partial charge < -0.3 is 14.5 Å². The van der Waals surface area contributed by atoms with Gasteiger partial charge >= 0.3 is 0 Å². The zero-order valence-corrected chi connectivity index (χ0v) is 15.1. The van der Waals surface area contributed by atoms with Gasteiger partial charge in [-0.15, -0.1) is 0 Å². The first-order valence-electron chi connectivity index (χ1n) is 8.69. The number of aryl methyl sites for hydroxylation is 3. The van der Waals surface area contributed by atoms with Crippen molar-refractivity contribution in [2.45, 2.75) is 33.4 Å². The molecule has 1 unspecified atom stereocenters. The minimum absolute atomic E-state index is 0.0157. The highest BCUT2D eigenvalue weighted by molar-refractivity contribution is 5.75. The molecular formula is C18H26N4O3. The summed E-state index contributed by atoms with van der Waals surface area (Å²) in [6, 6.07) is 5.93. The van der Waals surface area contributed by atoms with Gasteiger partial charge in [0.2, 0.25) is 5.91 Å². The van der Waals surface area contributed by atoms with Crippen molar-refractivity contribution in [2.75, 3.05) is 32.8 Å². The number of nitrogens with one attached hydrogen (secondary N) is 1. The lowest BCUT2D eigenvalue weighted by Gasteiger charge is -2.33. The topological polar surface area (TPSA) is 72.5 Å². The molecule has 1 aliphatic heterocycles. The quantitative estimate of drug-likeness (QED) is 0.860. The van der Waals surface area contributed by atoms with Crippen LogP contribution in [-0.2, 0) is 16.1 Å². The Hall–Kier alpha value is -2.12. The number of aromatic nitrogens is 2.